The monoisotopic (exact) mass is 204 g/mol. The predicted molar refractivity (Wildman–Crippen MR) is 57.6 cm³/mol. The number of hydrogen-bond acceptors (Lipinski definition) is 4. The van der Waals surface area contributed by atoms with E-state index in [9.17, 15) is 10.0 Å². The van der Waals surface area contributed by atoms with Crippen LogP contribution in [0.1, 0.15) is 5.56 Å². The van der Waals surface area contributed by atoms with Gasteiger partial charge in [0.25, 0.3) is 0 Å². The molecule has 2 rings (SSSR count). The Morgan fingerprint density at radius 3 is 2.47 bits per heavy atom. The van der Waals surface area contributed by atoms with Crippen LogP contribution >= 0.6 is 0 Å². The lowest BCUT2D eigenvalue weighted by Crippen LogP contribution is -2.52. The Labute approximate surface area is 87.8 Å². The molecule has 2 N–H and O–H groups in total. The first kappa shape index (κ1) is 10.0. The van der Waals surface area contributed by atoms with Crippen LogP contribution < -0.4 is 0 Å². The van der Waals surface area contributed by atoms with E-state index in [0.717, 1.165) is 5.56 Å². The molecule has 0 spiro atoms. The number of benzene rings is 1. The third-order valence-corrected chi connectivity index (χ3v) is 2.28. The topological polar surface area (TPSA) is 65.2 Å². The Hall–Kier alpha value is -1.50. The Morgan fingerprint density at radius 1 is 1.20 bits per heavy atom. The average Bonchev–Trinajstić information content (AvgIpc) is 2.69. The van der Waals surface area contributed by atoms with Gasteiger partial charge < -0.3 is 10.0 Å². The summed E-state index contributed by atoms with van der Waals surface area (Å²) in [6, 6.07) is 9.51. The summed E-state index contributed by atoms with van der Waals surface area (Å²) in [6.07, 6.45) is 2.74. The molecule has 0 saturated heterocycles. The second-order valence-electron chi connectivity index (χ2n) is 3.37. The van der Waals surface area contributed by atoms with E-state index in [0.29, 0.717) is 6.54 Å². The minimum Gasteiger partial charge on any atom is -0.368 e. The van der Waals surface area contributed by atoms with Crippen molar-refractivity contribution in [3.63, 3.8) is 0 Å². The molecular weight excluding hydrogens is 193 g/mol. The molecule has 1 aliphatic heterocycles. The lowest BCUT2D eigenvalue weighted by Gasteiger charge is -2.22. The van der Waals surface area contributed by atoms with Crippen LogP contribution in [0, 0.1) is 0 Å². The van der Waals surface area contributed by atoms with Crippen molar-refractivity contribution >= 4 is 19.9 Å². The van der Waals surface area contributed by atoms with Gasteiger partial charge in [0.2, 0.25) is 6.34 Å². The molecule has 1 aliphatic rings. The fraction of sp³-hybridized carbons (Fsp3) is 0.111. The van der Waals surface area contributed by atoms with Crippen LogP contribution in [-0.4, -0.2) is 34.5 Å². The first-order valence-electron chi connectivity index (χ1n) is 4.59. The molecule has 15 heavy (non-hydrogen) atoms. The van der Waals surface area contributed by atoms with Gasteiger partial charge in [-0.1, -0.05) is 35.4 Å². The first-order chi connectivity index (χ1) is 7.23. The second kappa shape index (κ2) is 3.94. The van der Waals surface area contributed by atoms with Crippen LogP contribution in [-0.2, 0) is 6.54 Å². The SMILES string of the molecule is OB(O)[N+]1(Cc2ccccc2)C=NC=N1. The maximum Gasteiger partial charge on any atom is 0.788 e. The summed E-state index contributed by atoms with van der Waals surface area (Å²) in [7, 11) is -1.59. The van der Waals surface area contributed by atoms with E-state index in [4.69, 9.17) is 0 Å². The van der Waals surface area contributed by atoms with Gasteiger partial charge in [-0.3, -0.25) is 0 Å². The summed E-state index contributed by atoms with van der Waals surface area (Å²) in [5, 5.41) is 22.5. The molecule has 1 aromatic rings. The molecule has 1 atom stereocenters. The molecule has 0 aromatic heterocycles. The van der Waals surface area contributed by atoms with E-state index in [1.54, 1.807) is 0 Å². The number of quaternary nitrogens is 1. The van der Waals surface area contributed by atoms with Gasteiger partial charge in [-0.2, -0.15) is 9.50 Å². The van der Waals surface area contributed by atoms with Crippen LogP contribution in [0.2, 0.25) is 0 Å². The molecule has 0 bridgehead atoms. The maximum atomic E-state index is 9.29. The van der Waals surface area contributed by atoms with Gasteiger partial charge in [-0.05, 0) is 0 Å². The van der Waals surface area contributed by atoms with E-state index in [-0.39, 0.29) is 4.50 Å². The Morgan fingerprint density at radius 2 is 1.93 bits per heavy atom. The van der Waals surface area contributed by atoms with Crippen LogP contribution in [0.4, 0.5) is 0 Å². The van der Waals surface area contributed by atoms with Crippen LogP contribution in [0.25, 0.3) is 0 Å². The fourth-order valence-corrected chi connectivity index (χ4v) is 1.46. The molecule has 1 unspecified atom stereocenters. The first-order valence-corrected chi connectivity index (χ1v) is 4.59. The van der Waals surface area contributed by atoms with Gasteiger partial charge in [0.1, 0.15) is 6.54 Å². The van der Waals surface area contributed by atoms with Gasteiger partial charge in [0.15, 0.2) is 6.34 Å². The van der Waals surface area contributed by atoms with E-state index < -0.39 is 7.25 Å². The molecule has 1 aromatic carbocycles. The minimum absolute atomic E-state index is 0.315. The van der Waals surface area contributed by atoms with E-state index in [1.807, 2.05) is 30.3 Å². The summed E-state index contributed by atoms with van der Waals surface area (Å²) in [4.78, 5) is 3.79. The molecular formula is C9H11BN3O2+. The van der Waals surface area contributed by atoms with Crippen LogP contribution in [0.3, 0.4) is 0 Å². The van der Waals surface area contributed by atoms with Crippen molar-refractivity contribution in [1.29, 1.82) is 0 Å². The minimum atomic E-state index is -1.59. The van der Waals surface area contributed by atoms with Crippen molar-refractivity contribution in [1.82, 2.24) is 0 Å². The van der Waals surface area contributed by atoms with Gasteiger partial charge in [-0.25, -0.2) is 0 Å². The highest BCUT2D eigenvalue weighted by atomic mass is 16.4. The zero-order valence-corrected chi connectivity index (χ0v) is 8.06. The van der Waals surface area contributed by atoms with Gasteiger partial charge in [0, 0.05) is 5.56 Å². The molecule has 0 radical (unpaired) electrons. The van der Waals surface area contributed by atoms with Crippen molar-refractivity contribution in [3.05, 3.63) is 35.9 Å². The molecule has 76 valence electrons. The Balaban J connectivity index is 2.23. The van der Waals surface area contributed by atoms with Crippen molar-refractivity contribution < 1.29 is 14.6 Å². The largest absolute Gasteiger partial charge is 0.788 e. The number of hydrogen-bond donors (Lipinski definition) is 2. The summed E-state index contributed by atoms with van der Waals surface area (Å²) >= 11 is 0. The van der Waals surface area contributed by atoms with Crippen molar-refractivity contribution in [2.24, 2.45) is 10.1 Å². The zero-order chi connectivity index (χ0) is 10.7. The normalized spacial score (nSPS) is 23.3. The predicted octanol–water partition coefficient (Wildman–Crippen LogP) is -0.0419. The second-order valence-corrected chi connectivity index (χ2v) is 3.37. The lowest BCUT2D eigenvalue weighted by molar-refractivity contribution is -0.761. The van der Waals surface area contributed by atoms with E-state index >= 15 is 0 Å². The third-order valence-electron chi connectivity index (χ3n) is 2.28. The zero-order valence-electron chi connectivity index (χ0n) is 8.06. The summed E-state index contributed by atoms with van der Waals surface area (Å²) in [5.74, 6) is 0. The van der Waals surface area contributed by atoms with Gasteiger partial charge >= 0.3 is 7.25 Å². The van der Waals surface area contributed by atoms with E-state index in [2.05, 4.69) is 10.1 Å². The lowest BCUT2D eigenvalue weighted by atomic mass is 10.0. The molecule has 5 nitrogen and oxygen atoms in total. The highest BCUT2D eigenvalue weighted by Crippen LogP contribution is 2.16. The van der Waals surface area contributed by atoms with Crippen molar-refractivity contribution in [3.8, 4) is 0 Å². The summed E-state index contributed by atoms with van der Waals surface area (Å²) < 4.78 is -0.315. The molecule has 6 heteroatoms. The highest BCUT2D eigenvalue weighted by molar-refractivity contribution is 6.34. The average molecular weight is 204 g/mol. The summed E-state index contributed by atoms with van der Waals surface area (Å²) in [5.41, 5.74) is 0.969. The third kappa shape index (κ3) is 1.96. The van der Waals surface area contributed by atoms with Crippen LogP contribution in [0.15, 0.2) is 40.4 Å². The maximum absolute atomic E-state index is 9.29. The van der Waals surface area contributed by atoms with Gasteiger partial charge in [-0.15, -0.1) is 0 Å². The standard InChI is InChI=1S/C9H11BN3O2/c14-10(15)13(8-11-7-12-13)6-9-4-2-1-3-5-9/h1-5,7-8,14-15H,6H2/q+1. The van der Waals surface area contributed by atoms with Gasteiger partial charge in [0.05, 0.1) is 0 Å². The van der Waals surface area contributed by atoms with Crippen molar-refractivity contribution in [2.45, 2.75) is 6.54 Å². The molecule has 0 fully saturated rings. The molecule has 0 saturated carbocycles. The fourth-order valence-electron chi connectivity index (χ4n) is 1.46. The Bertz CT molecular complexity index is 380. The number of rotatable bonds is 3. The summed E-state index contributed by atoms with van der Waals surface area (Å²) in [6.45, 7) is 0.374. The highest BCUT2D eigenvalue weighted by Gasteiger charge is 2.45. The quantitative estimate of drug-likeness (QED) is 0.678. The number of aliphatic imine (C=N–C) groups is 1. The molecule has 0 amide bonds. The molecule has 0 aliphatic carbocycles. The van der Waals surface area contributed by atoms with E-state index in [1.165, 1.54) is 12.7 Å². The number of nitrogens with zero attached hydrogens (tertiary/aromatic N) is 3. The smallest absolute Gasteiger partial charge is 0.368 e. The molecule has 1 heterocycles. The Kier molecular flexibility index (Phi) is 2.63. The van der Waals surface area contributed by atoms with Crippen LogP contribution in [0.5, 0.6) is 0 Å². The van der Waals surface area contributed by atoms with Crippen molar-refractivity contribution in [2.75, 3.05) is 0 Å².